The summed E-state index contributed by atoms with van der Waals surface area (Å²) in [5.41, 5.74) is 6.36. The first kappa shape index (κ1) is 50.8. The van der Waals surface area contributed by atoms with Crippen molar-refractivity contribution in [1.29, 1.82) is 0 Å². The Balaban J connectivity index is -0.0000000939. The number of aromatic nitrogens is 1. The maximum Gasteiger partial charge on any atom is 2.00 e. The van der Waals surface area contributed by atoms with Crippen LogP contribution < -0.4 is 15.9 Å². The Hall–Kier alpha value is 0.0112. The van der Waals surface area contributed by atoms with Crippen LogP contribution in [0.25, 0.3) is 10.9 Å². The van der Waals surface area contributed by atoms with Crippen LogP contribution in [-0.2, 0) is 19.7 Å². The van der Waals surface area contributed by atoms with Crippen molar-refractivity contribution in [3.8, 4) is 5.75 Å². The van der Waals surface area contributed by atoms with Gasteiger partial charge in [0.15, 0.2) is 0 Å². The average molecular weight is 604 g/mol. The van der Waals surface area contributed by atoms with Crippen LogP contribution in [-0.4, -0.2) is 178 Å². The maximum absolute atomic E-state index is 10.3. The van der Waals surface area contributed by atoms with Gasteiger partial charge in [-0.15, -0.1) is 0 Å². The molecule has 0 bridgehead atoms. The van der Waals surface area contributed by atoms with Gasteiger partial charge in [-0.25, -0.2) is 8.42 Å². The van der Waals surface area contributed by atoms with E-state index in [2.05, 4.69) is 4.98 Å². The van der Waals surface area contributed by atoms with Gasteiger partial charge in [0, 0.05) is 17.3 Å². The molecule has 38 heavy (non-hydrogen) atoms. The van der Waals surface area contributed by atoms with Crippen molar-refractivity contribution in [3.05, 3.63) is 60.8 Å². The molecule has 0 aliphatic carbocycles. The molecule has 2 aromatic carbocycles. The minimum atomic E-state index is -4.33. The van der Waals surface area contributed by atoms with Gasteiger partial charge in [-0.1, -0.05) is 18.2 Å². The number of hydrogen-bond donors (Lipinski definition) is 4. The summed E-state index contributed by atoms with van der Waals surface area (Å²) < 4.78 is 31.0. The van der Waals surface area contributed by atoms with E-state index in [1.54, 1.807) is 18.3 Å². The summed E-state index contributed by atoms with van der Waals surface area (Å²) in [6.07, 6.45) is -3.21. The van der Waals surface area contributed by atoms with Crippen LogP contribution in [0.1, 0.15) is 0 Å². The Kier molecular flexibility index (Phi) is 33.1. The van der Waals surface area contributed by atoms with Crippen molar-refractivity contribution in [1.82, 2.24) is 4.98 Å². The summed E-state index contributed by atoms with van der Waals surface area (Å²) in [6, 6.07) is 14.2. The number of nitrogens with zero attached hydrogens (tertiary/aromatic N) is 1. The molecule has 0 saturated heterocycles. The molecule has 2 unspecified atom stereocenters. The normalized spacial score (nSPS) is 10.4. The first-order valence-corrected chi connectivity index (χ1v) is 9.87. The number of carbonyl (C=O) groups is 2. The Morgan fingerprint density at radius 2 is 1.24 bits per heavy atom. The molecular formula is C19H18Mg5N2O11S+6. The van der Waals surface area contributed by atoms with Crippen molar-refractivity contribution < 1.29 is 53.6 Å². The molecule has 1 heterocycles. The zero-order valence-electron chi connectivity index (χ0n) is 20.0. The molecule has 19 heteroatoms. The second kappa shape index (κ2) is 24.8. The number of carbonyl (C=O) groups excluding carboxylic acids is 2. The molecule has 0 fully saturated rings. The molecule has 0 saturated carbocycles. The summed E-state index contributed by atoms with van der Waals surface area (Å²) in [5, 5.41) is 46.0. The summed E-state index contributed by atoms with van der Waals surface area (Å²) in [4.78, 5) is 23.0. The molecule has 0 radical (unpaired) electrons. The molecule has 13 nitrogen and oxygen atoms in total. The third-order valence-corrected chi connectivity index (χ3v) is 4.41. The predicted molar refractivity (Wildman–Crippen MR) is 135 cm³/mol. The quantitative estimate of drug-likeness (QED) is 0.124. The van der Waals surface area contributed by atoms with E-state index < -0.39 is 34.3 Å². The summed E-state index contributed by atoms with van der Waals surface area (Å²) in [5.74, 6) is -3.88. The van der Waals surface area contributed by atoms with Gasteiger partial charge >= 0.3 is 115 Å². The van der Waals surface area contributed by atoms with Gasteiger partial charge in [-0.2, -0.15) is 0 Å². The first-order chi connectivity index (χ1) is 14.8. The number of benzene rings is 2. The first-order valence-electron chi connectivity index (χ1n) is 8.46. The van der Waals surface area contributed by atoms with E-state index in [1.165, 1.54) is 24.3 Å². The smallest absolute Gasteiger partial charge is 0.870 e. The Labute approximate surface area is 298 Å². The molecule has 180 valence electrons. The number of nitrogen functional groups attached to an aromatic ring is 1. The molecule has 6 N–H and O–H groups in total. The van der Waals surface area contributed by atoms with E-state index >= 15 is 0 Å². The maximum atomic E-state index is 10.3. The number of nitrogens with two attached hydrogens (primary N) is 1. The molecule has 0 amide bonds. The number of fused-ring (bicyclic) bond motifs is 1. The van der Waals surface area contributed by atoms with Gasteiger partial charge in [-0.3, -0.25) is 4.98 Å². The number of aliphatic carboxylic acids is 2. The number of carboxylic acids is 2. The van der Waals surface area contributed by atoms with E-state index in [-0.39, 0.29) is 131 Å². The number of phenols is 1. The fourth-order valence-corrected chi connectivity index (χ4v) is 2.45. The van der Waals surface area contributed by atoms with Crippen molar-refractivity contribution in [3.63, 3.8) is 0 Å². The number of aliphatic hydroxyl groups excluding tert-OH is 2. The molecule has 0 aliphatic rings. The zero-order chi connectivity index (χ0) is 24.5. The van der Waals surface area contributed by atoms with Crippen LogP contribution in [0.3, 0.4) is 0 Å². The van der Waals surface area contributed by atoms with Crippen LogP contribution in [0.2, 0.25) is 0 Å². The number of pyridine rings is 1. The Bertz CT molecular complexity index is 1170. The summed E-state index contributed by atoms with van der Waals surface area (Å²) in [6.45, 7) is 0. The van der Waals surface area contributed by atoms with Crippen molar-refractivity contribution in [2.75, 3.05) is 5.73 Å². The Morgan fingerprint density at radius 1 is 0.816 bits per heavy atom. The second-order valence-electron chi connectivity index (χ2n) is 5.90. The van der Waals surface area contributed by atoms with E-state index in [0.717, 1.165) is 5.39 Å². The average Bonchev–Trinajstić information content (AvgIpc) is 2.73. The largest absolute Gasteiger partial charge is 2.00 e. The standard InChI is InChI=1S/C9H7NO.C6H7NO3S.C4H6O6.5Mg.H2O/c11-8-5-1-3-7-4-2-6-10-9(7)8;7-5-1-3-6(4-2-5)11(8,9)10;5-1(3(7)8)2(6)4(9)10;;;;;;/h1-6,11H;1-4H,7H2,(H,8,9,10);1-2,5-6H,(H,7,8)(H,9,10);;;;;;1H2/q;;;5*+2;/p-4. The zero-order valence-corrected chi connectivity index (χ0v) is 27.9. The van der Waals surface area contributed by atoms with E-state index in [1.807, 2.05) is 18.2 Å². The second-order valence-corrected chi connectivity index (χ2v) is 7.28. The molecule has 3 rings (SSSR count). The fraction of sp³-hybridized carbons (Fsp3) is 0.105. The van der Waals surface area contributed by atoms with Crippen LogP contribution in [0.15, 0.2) is 65.7 Å². The minimum absolute atomic E-state index is 0. The van der Waals surface area contributed by atoms with Crippen LogP contribution >= 0.6 is 0 Å². The van der Waals surface area contributed by atoms with E-state index in [4.69, 9.17) is 15.9 Å². The van der Waals surface area contributed by atoms with Gasteiger partial charge in [0.25, 0.3) is 0 Å². The van der Waals surface area contributed by atoms with Crippen LogP contribution in [0.4, 0.5) is 5.69 Å². The molecular weight excluding hydrogens is 586 g/mol. The number of para-hydroxylation sites is 1. The van der Waals surface area contributed by atoms with Gasteiger partial charge in [0.05, 0.1) is 16.8 Å². The minimum Gasteiger partial charge on any atom is -0.870 e. The predicted octanol–water partition coefficient (Wildman–Crippen LogP) is -4.76. The van der Waals surface area contributed by atoms with E-state index in [0.29, 0.717) is 11.2 Å². The van der Waals surface area contributed by atoms with Crippen LogP contribution in [0, 0.1) is 0 Å². The molecule has 3 aromatic rings. The SMILES string of the molecule is Nc1ccc(S(=O)(=O)[O-])cc1.O=C([O-])C(O)C(O)C(=O)[O-].Oc1cccc2cccnc12.[Mg+2].[Mg+2].[Mg+2].[Mg+2].[Mg+2].[OH-]. The number of anilines is 1. The number of aliphatic hydroxyl groups is 2. The number of aromatic hydroxyl groups is 1. The van der Waals surface area contributed by atoms with Gasteiger partial charge < -0.3 is 50.9 Å². The molecule has 2 atom stereocenters. The molecule has 0 spiro atoms. The van der Waals surface area contributed by atoms with Crippen molar-refractivity contribution in [2.24, 2.45) is 0 Å². The monoisotopic (exact) mass is 602 g/mol. The summed E-state index contributed by atoms with van der Waals surface area (Å²) >= 11 is 0. The molecule has 1 aromatic heterocycles. The van der Waals surface area contributed by atoms with Gasteiger partial charge in [0.2, 0.25) is 0 Å². The number of hydrogen-bond acceptors (Lipinski definition) is 13. The van der Waals surface area contributed by atoms with Crippen molar-refractivity contribution >= 4 is 154 Å². The topological polar surface area (TPSA) is 267 Å². The van der Waals surface area contributed by atoms with Crippen LogP contribution in [0.5, 0.6) is 5.75 Å². The number of phenolic OH excluding ortho intramolecular Hbond substituents is 1. The van der Waals surface area contributed by atoms with Crippen molar-refractivity contribution in [2.45, 2.75) is 17.1 Å². The van der Waals surface area contributed by atoms with Gasteiger partial charge in [-0.05, 0) is 36.4 Å². The van der Waals surface area contributed by atoms with Gasteiger partial charge in [0.1, 0.15) is 33.6 Å². The summed E-state index contributed by atoms with van der Waals surface area (Å²) in [7, 11) is -4.33. The third kappa shape index (κ3) is 18.4. The molecule has 0 aliphatic heterocycles. The van der Waals surface area contributed by atoms with E-state index in [9.17, 15) is 37.9 Å². The number of carboxylic acid groups (broad SMARTS) is 2. The number of rotatable bonds is 4. The Morgan fingerprint density at radius 3 is 1.61 bits per heavy atom. The third-order valence-electron chi connectivity index (χ3n) is 3.56. The fourth-order valence-electron chi connectivity index (χ4n) is 1.98.